The molecule has 1 aromatic rings. The van der Waals surface area contributed by atoms with Crippen LogP contribution in [0.3, 0.4) is 0 Å². The van der Waals surface area contributed by atoms with E-state index in [0.29, 0.717) is 5.92 Å². The van der Waals surface area contributed by atoms with Crippen molar-refractivity contribution >= 4 is 11.4 Å². The molecule has 0 N–H and O–H groups in total. The SMILES string of the molecule is Fc1cccc(N=C2CCC3=CC=CCC32)c1. The summed E-state index contributed by atoms with van der Waals surface area (Å²) in [4.78, 5) is 4.61. The van der Waals surface area contributed by atoms with Crippen LogP contribution in [0.4, 0.5) is 10.1 Å². The second-order valence-electron chi connectivity index (χ2n) is 4.54. The van der Waals surface area contributed by atoms with Gasteiger partial charge in [-0.15, -0.1) is 0 Å². The molecule has 17 heavy (non-hydrogen) atoms. The fourth-order valence-electron chi connectivity index (χ4n) is 2.57. The van der Waals surface area contributed by atoms with Crippen molar-refractivity contribution in [3.05, 3.63) is 53.9 Å². The number of benzene rings is 1. The molecule has 1 atom stereocenters. The monoisotopic (exact) mass is 227 g/mol. The molecule has 0 spiro atoms. The van der Waals surface area contributed by atoms with Gasteiger partial charge in [0.25, 0.3) is 0 Å². The van der Waals surface area contributed by atoms with Crippen LogP contribution in [-0.2, 0) is 0 Å². The summed E-state index contributed by atoms with van der Waals surface area (Å²) in [5.41, 5.74) is 3.41. The van der Waals surface area contributed by atoms with Crippen LogP contribution in [0.5, 0.6) is 0 Å². The quantitative estimate of drug-likeness (QED) is 0.682. The summed E-state index contributed by atoms with van der Waals surface area (Å²) in [6.45, 7) is 0. The second kappa shape index (κ2) is 4.28. The molecule has 1 nitrogen and oxygen atoms in total. The van der Waals surface area contributed by atoms with E-state index in [-0.39, 0.29) is 5.82 Å². The van der Waals surface area contributed by atoms with Gasteiger partial charge in [0.2, 0.25) is 0 Å². The van der Waals surface area contributed by atoms with Gasteiger partial charge in [0, 0.05) is 11.6 Å². The first-order chi connectivity index (χ1) is 8.33. The third-order valence-electron chi connectivity index (χ3n) is 3.42. The molecule has 86 valence electrons. The van der Waals surface area contributed by atoms with Crippen LogP contribution in [0.1, 0.15) is 19.3 Å². The number of nitrogens with zero attached hydrogens (tertiary/aromatic N) is 1. The predicted molar refractivity (Wildman–Crippen MR) is 68.1 cm³/mol. The molecule has 0 bridgehead atoms. The summed E-state index contributed by atoms with van der Waals surface area (Å²) in [6.07, 6.45) is 9.65. The molecule has 0 heterocycles. The zero-order valence-corrected chi connectivity index (χ0v) is 9.57. The maximum atomic E-state index is 13.1. The van der Waals surface area contributed by atoms with E-state index in [2.05, 4.69) is 23.2 Å². The molecule has 0 amide bonds. The zero-order chi connectivity index (χ0) is 11.7. The van der Waals surface area contributed by atoms with E-state index < -0.39 is 0 Å². The van der Waals surface area contributed by atoms with Crippen LogP contribution in [0.25, 0.3) is 0 Å². The molecule has 1 fully saturated rings. The normalized spacial score (nSPS) is 24.9. The highest BCUT2D eigenvalue weighted by Gasteiger charge is 2.27. The van der Waals surface area contributed by atoms with Crippen molar-refractivity contribution in [1.29, 1.82) is 0 Å². The lowest BCUT2D eigenvalue weighted by atomic mass is 9.93. The summed E-state index contributed by atoms with van der Waals surface area (Å²) in [5.74, 6) is 0.243. The van der Waals surface area contributed by atoms with E-state index in [4.69, 9.17) is 0 Å². The van der Waals surface area contributed by atoms with E-state index in [9.17, 15) is 4.39 Å². The number of fused-ring (bicyclic) bond motifs is 1. The minimum atomic E-state index is -0.218. The van der Waals surface area contributed by atoms with Gasteiger partial charge < -0.3 is 0 Å². The van der Waals surface area contributed by atoms with Crippen molar-refractivity contribution in [3.8, 4) is 0 Å². The van der Waals surface area contributed by atoms with E-state index in [1.54, 1.807) is 6.07 Å². The number of halogens is 1. The Morgan fingerprint density at radius 3 is 3.06 bits per heavy atom. The van der Waals surface area contributed by atoms with Gasteiger partial charge in [-0.2, -0.15) is 0 Å². The molecule has 0 aromatic heterocycles. The molecule has 2 aliphatic rings. The molecule has 3 rings (SSSR count). The van der Waals surface area contributed by atoms with Crippen molar-refractivity contribution in [3.63, 3.8) is 0 Å². The molecule has 0 aliphatic heterocycles. The van der Waals surface area contributed by atoms with E-state index >= 15 is 0 Å². The largest absolute Gasteiger partial charge is 0.257 e. The molecule has 1 saturated carbocycles. The molecular formula is C15H14FN. The summed E-state index contributed by atoms with van der Waals surface area (Å²) in [5, 5.41) is 0. The smallest absolute Gasteiger partial charge is 0.125 e. The highest BCUT2D eigenvalue weighted by atomic mass is 19.1. The number of aliphatic imine (C=N–C) groups is 1. The van der Waals surface area contributed by atoms with Crippen LogP contribution in [0.15, 0.2) is 53.1 Å². The third kappa shape index (κ3) is 2.07. The summed E-state index contributed by atoms with van der Waals surface area (Å²) in [7, 11) is 0. The van der Waals surface area contributed by atoms with Crippen molar-refractivity contribution in [2.45, 2.75) is 19.3 Å². The Morgan fingerprint density at radius 1 is 1.24 bits per heavy atom. The molecule has 0 saturated heterocycles. The lowest BCUT2D eigenvalue weighted by molar-refractivity contribution is 0.628. The highest BCUT2D eigenvalue weighted by Crippen LogP contribution is 2.35. The van der Waals surface area contributed by atoms with E-state index in [1.165, 1.54) is 23.4 Å². The first kappa shape index (κ1) is 10.5. The number of allylic oxidation sites excluding steroid dienone is 4. The van der Waals surface area contributed by atoms with Crippen LogP contribution >= 0.6 is 0 Å². The number of rotatable bonds is 1. The minimum absolute atomic E-state index is 0.218. The fraction of sp³-hybridized carbons (Fsp3) is 0.267. The van der Waals surface area contributed by atoms with Crippen LogP contribution in [0.2, 0.25) is 0 Å². The van der Waals surface area contributed by atoms with E-state index in [0.717, 1.165) is 24.9 Å². The molecule has 2 aliphatic carbocycles. The average molecular weight is 227 g/mol. The Labute approximate surface area is 100 Å². The minimum Gasteiger partial charge on any atom is -0.257 e. The molecule has 1 unspecified atom stereocenters. The maximum Gasteiger partial charge on any atom is 0.125 e. The van der Waals surface area contributed by atoms with Gasteiger partial charge in [-0.25, -0.2) is 4.39 Å². The summed E-state index contributed by atoms with van der Waals surface area (Å²) < 4.78 is 13.1. The van der Waals surface area contributed by atoms with Crippen LogP contribution < -0.4 is 0 Å². The molecule has 2 heteroatoms. The number of hydrogen-bond acceptors (Lipinski definition) is 1. The van der Waals surface area contributed by atoms with Crippen molar-refractivity contribution in [2.75, 3.05) is 0 Å². The summed E-state index contributed by atoms with van der Waals surface area (Å²) in [6, 6.07) is 6.51. The highest BCUT2D eigenvalue weighted by molar-refractivity contribution is 5.94. The van der Waals surface area contributed by atoms with Gasteiger partial charge in [-0.1, -0.05) is 29.9 Å². The van der Waals surface area contributed by atoms with Gasteiger partial charge in [0.1, 0.15) is 5.82 Å². The van der Waals surface area contributed by atoms with Gasteiger partial charge in [-0.3, -0.25) is 4.99 Å². The van der Waals surface area contributed by atoms with Crippen molar-refractivity contribution < 1.29 is 4.39 Å². The molecular weight excluding hydrogens is 213 g/mol. The Bertz CT molecular complexity index is 525. The Hall–Kier alpha value is -1.70. The second-order valence-corrected chi connectivity index (χ2v) is 4.54. The third-order valence-corrected chi connectivity index (χ3v) is 3.42. The fourth-order valence-corrected chi connectivity index (χ4v) is 2.57. The Balaban J connectivity index is 1.90. The van der Waals surface area contributed by atoms with Gasteiger partial charge >= 0.3 is 0 Å². The van der Waals surface area contributed by atoms with Gasteiger partial charge in [0.15, 0.2) is 0 Å². The van der Waals surface area contributed by atoms with E-state index in [1.807, 2.05) is 6.07 Å². The van der Waals surface area contributed by atoms with Gasteiger partial charge in [-0.05, 0) is 37.5 Å². The topological polar surface area (TPSA) is 12.4 Å². The zero-order valence-electron chi connectivity index (χ0n) is 9.57. The van der Waals surface area contributed by atoms with Crippen LogP contribution in [0, 0.1) is 11.7 Å². The lowest BCUT2D eigenvalue weighted by Crippen LogP contribution is -2.08. The standard InChI is InChI=1S/C15H14FN/c16-12-5-3-6-13(10-12)17-15-9-8-11-4-1-2-7-14(11)15/h1-6,10,14H,7-9H2. The van der Waals surface area contributed by atoms with Gasteiger partial charge in [0.05, 0.1) is 5.69 Å². The van der Waals surface area contributed by atoms with Crippen molar-refractivity contribution in [2.24, 2.45) is 10.9 Å². The average Bonchev–Trinajstić information content (AvgIpc) is 2.73. The Kier molecular flexibility index (Phi) is 2.63. The molecule has 1 aromatic carbocycles. The predicted octanol–water partition coefficient (Wildman–Crippen LogP) is 4.19. The molecule has 0 radical (unpaired) electrons. The maximum absolute atomic E-state index is 13.1. The lowest BCUT2D eigenvalue weighted by Gasteiger charge is -2.13. The summed E-state index contributed by atoms with van der Waals surface area (Å²) >= 11 is 0. The first-order valence-corrected chi connectivity index (χ1v) is 6.01. The number of hydrogen-bond donors (Lipinski definition) is 0. The first-order valence-electron chi connectivity index (χ1n) is 6.01. The van der Waals surface area contributed by atoms with Crippen molar-refractivity contribution in [1.82, 2.24) is 0 Å². The Morgan fingerprint density at radius 2 is 2.18 bits per heavy atom. The van der Waals surface area contributed by atoms with Crippen LogP contribution in [-0.4, -0.2) is 5.71 Å².